The van der Waals surface area contributed by atoms with Crippen molar-refractivity contribution in [3.8, 4) is 0 Å². The van der Waals surface area contributed by atoms with Crippen LogP contribution in [-0.2, 0) is 0 Å². The highest BCUT2D eigenvalue weighted by Gasteiger charge is 2.24. The van der Waals surface area contributed by atoms with Gasteiger partial charge in [0.2, 0.25) is 0 Å². The number of likely N-dealkylation sites (tertiary alicyclic amines) is 1. The fourth-order valence-electron chi connectivity index (χ4n) is 3.39. The number of nitrogens with zero attached hydrogens (tertiary/aromatic N) is 3. The number of aromatic nitrogens is 2. The molecule has 6 heteroatoms. The monoisotopic (exact) mass is 341 g/mol. The van der Waals surface area contributed by atoms with Gasteiger partial charge in [-0.2, -0.15) is 0 Å². The lowest BCUT2D eigenvalue weighted by Crippen LogP contribution is -2.38. The molecule has 3 aromatic rings. The van der Waals surface area contributed by atoms with Crippen LogP contribution in [0.1, 0.15) is 35.0 Å². The van der Waals surface area contributed by atoms with Gasteiger partial charge in [0.15, 0.2) is 0 Å². The van der Waals surface area contributed by atoms with Crippen LogP contribution in [0.25, 0.3) is 15.9 Å². The molecular formula is C18H19N3O2S. The third kappa shape index (κ3) is 2.41. The van der Waals surface area contributed by atoms with Gasteiger partial charge in [-0.3, -0.25) is 14.0 Å². The molecule has 1 aliphatic rings. The summed E-state index contributed by atoms with van der Waals surface area (Å²) >= 11 is 1.32. The van der Waals surface area contributed by atoms with Crippen LogP contribution >= 0.6 is 11.3 Å². The maximum atomic E-state index is 12.8. The number of carbonyl (C=O) groups excluding carboxylic acids is 1. The normalized spacial score (nSPS) is 18.4. The lowest BCUT2D eigenvalue weighted by molar-refractivity contribution is 0.0688. The van der Waals surface area contributed by atoms with E-state index in [-0.39, 0.29) is 11.5 Å². The predicted octanol–water partition coefficient (Wildman–Crippen LogP) is 3.09. The summed E-state index contributed by atoms with van der Waals surface area (Å²) in [6.45, 7) is 5.70. The first-order chi connectivity index (χ1) is 11.5. The van der Waals surface area contributed by atoms with Gasteiger partial charge in [-0.1, -0.05) is 13.0 Å². The van der Waals surface area contributed by atoms with E-state index in [9.17, 15) is 9.59 Å². The van der Waals surface area contributed by atoms with Gasteiger partial charge in [0.1, 0.15) is 10.5 Å². The highest BCUT2D eigenvalue weighted by Crippen LogP contribution is 2.26. The highest BCUT2D eigenvalue weighted by atomic mass is 32.1. The molecular weight excluding hydrogens is 322 g/mol. The van der Waals surface area contributed by atoms with E-state index in [1.54, 1.807) is 16.7 Å². The van der Waals surface area contributed by atoms with Crippen molar-refractivity contribution in [3.63, 3.8) is 0 Å². The van der Waals surface area contributed by atoms with Crippen LogP contribution in [0.3, 0.4) is 0 Å². The molecule has 0 aliphatic carbocycles. The summed E-state index contributed by atoms with van der Waals surface area (Å²) in [7, 11) is 0. The molecule has 0 saturated carbocycles. The molecule has 0 unspecified atom stereocenters. The maximum Gasteiger partial charge on any atom is 0.266 e. The molecule has 1 atom stereocenters. The molecule has 0 radical (unpaired) electrons. The summed E-state index contributed by atoms with van der Waals surface area (Å²) in [5.74, 6) is 0.556. The average molecular weight is 341 g/mol. The van der Waals surface area contributed by atoms with Gasteiger partial charge in [-0.25, -0.2) is 4.98 Å². The maximum absolute atomic E-state index is 12.8. The molecule has 1 aliphatic heterocycles. The number of thiophene rings is 1. The summed E-state index contributed by atoms with van der Waals surface area (Å²) in [5.41, 5.74) is 1.49. The van der Waals surface area contributed by atoms with Crippen LogP contribution in [0.2, 0.25) is 0 Å². The Bertz CT molecular complexity index is 1000. The van der Waals surface area contributed by atoms with E-state index in [2.05, 4.69) is 11.9 Å². The molecule has 3 aromatic heterocycles. The number of pyridine rings is 1. The second-order valence-electron chi connectivity index (χ2n) is 6.63. The first-order valence-electron chi connectivity index (χ1n) is 8.25. The summed E-state index contributed by atoms with van der Waals surface area (Å²) in [4.78, 5) is 33.3. The number of fused-ring (bicyclic) bond motifs is 2. The van der Waals surface area contributed by atoms with Crippen LogP contribution in [0, 0.1) is 12.8 Å². The van der Waals surface area contributed by atoms with Crippen molar-refractivity contribution in [2.75, 3.05) is 13.1 Å². The van der Waals surface area contributed by atoms with E-state index in [1.165, 1.54) is 17.8 Å². The lowest BCUT2D eigenvalue weighted by Gasteiger charge is -2.30. The molecule has 124 valence electrons. The zero-order valence-electron chi connectivity index (χ0n) is 13.8. The summed E-state index contributed by atoms with van der Waals surface area (Å²) < 4.78 is 1.56. The third-order valence-corrected chi connectivity index (χ3v) is 5.70. The quantitative estimate of drug-likeness (QED) is 0.683. The number of amides is 1. The van der Waals surface area contributed by atoms with Crippen LogP contribution in [0.5, 0.6) is 0 Å². The number of rotatable bonds is 1. The van der Waals surface area contributed by atoms with E-state index in [0.29, 0.717) is 26.7 Å². The Morgan fingerprint density at radius 2 is 2.25 bits per heavy atom. The Morgan fingerprint density at radius 3 is 3.04 bits per heavy atom. The minimum absolute atomic E-state index is 0.0229. The minimum Gasteiger partial charge on any atom is -0.338 e. The molecule has 4 rings (SSSR count). The molecule has 0 aromatic carbocycles. The van der Waals surface area contributed by atoms with Crippen LogP contribution in [0.15, 0.2) is 29.2 Å². The fraction of sp³-hybridized carbons (Fsp3) is 0.389. The number of piperidine rings is 1. The first-order valence-corrected chi connectivity index (χ1v) is 9.07. The van der Waals surface area contributed by atoms with Crippen molar-refractivity contribution in [2.24, 2.45) is 5.92 Å². The number of aryl methyl sites for hydroxylation is 1. The average Bonchev–Trinajstić information content (AvgIpc) is 3.00. The van der Waals surface area contributed by atoms with E-state index < -0.39 is 0 Å². The number of hydrogen-bond acceptors (Lipinski definition) is 4. The highest BCUT2D eigenvalue weighted by molar-refractivity contribution is 7.20. The van der Waals surface area contributed by atoms with Gasteiger partial charge in [0.25, 0.3) is 11.5 Å². The van der Waals surface area contributed by atoms with Crippen molar-refractivity contribution in [1.29, 1.82) is 0 Å². The Balaban J connectivity index is 1.82. The van der Waals surface area contributed by atoms with Crippen molar-refractivity contribution in [2.45, 2.75) is 26.7 Å². The zero-order valence-corrected chi connectivity index (χ0v) is 14.6. The molecule has 0 spiro atoms. The number of carbonyl (C=O) groups is 1. The van der Waals surface area contributed by atoms with Crippen molar-refractivity contribution in [3.05, 3.63) is 45.2 Å². The Kier molecular flexibility index (Phi) is 3.64. The summed E-state index contributed by atoms with van der Waals surface area (Å²) in [6.07, 6.45) is 3.94. The molecule has 0 N–H and O–H groups in total. The second-order valence-corrected chi connectivity index (χ2v) is 7.66. The van der Waals surface area contributed by atoms with Crippen LogP contribution < -0.4 is 5.56 Å². The van der Waals surface area contributed by atoms with Gasteiger partial charge >= 0.3 is 0 Å². The van der Waals surface area contributed by atoms with Crippen molar-refractivity contribution in [1.82, 2.24) is 14.3 Å². The van der Waals surface area contributed by atoms with E-state index in [4.69, 9.17) is 0 Å². The Hall–Kier alpha value is -2.21. The first kappa shape index (κ1) is 15.3. The fourth-order valence-corrected chi connectivity index (χ4v) is 4.38. The van der Waals surface area contributed by atoms with Gasteiger partial charge in [-0.05, 0) is 43.4 Å². The van der Waals surface area contributed by atoms with Crippen molar-refractivity contribution < 1.29 is 4.79 Å². The topological polar surface area (TPSA) is 54.7 Å². The molecule has 24 heavy (non-hydrogen) atoms. The number of hydrogen-bond donors (Lipinski definition) is 0. The second kappa shape index (κ2) is 5.70. The summed E-state index contributed by atoms with van der Waals surface area (Å²) in [6, 6.07) is 5.49. The largest absolute Gasteiger partial charge is 0.338 e. The van der Waals surface area contributed by atoms with Crippen LogP contribution in [-0.4, -0.2) is 33.3 Å². The smallest absolute Gasteiger partial charge is 0.266 e. The molecule has 1 fully saturated rings. The predicted molar refractivity (Wildman–Crippen MR) is 95.9 cm³/mol. The van der Waals surface area contributed by atoms with E-state index in [1.807, 2.05) is 24.0 Å². The van der Waals surface area contributed by atoms with E-state index >= 15 is 0 Å². The standard InChI is InChI=1S/C18H19N3O2S/c1-11-5-3-7-20(10-11)18(23)14-9-13-16(24-14)19-15-12(2)6-4-8-21(15)17(13)22/h4,6,8-9,11H,3,5,7,10H2,1-2H3/t11-/m1/s1. The molecule has 0 bridgehead atoms. The van der Waals surface area contributed by atoms with Gasteiger partial charge < -0.3 is 4.90 Å². The van der Waals surface area contributed by atoms with Crippen molar-refractivity contribution >= 4 is 33.1 Å². The Labute approximate surface area is 143 Å². The lowest BCUT2D eigenvalue weighted by atomic mass is 10.0. The molecule has 5 nitrogen and oxygen atoms in total. The zero-order chi connectivity index (χ0) is 16.8. The van der Waals surface area contributed by atoms with Gasteiger partial charge in [-0.15, -0.1) is 11.3 Å². The van der Waals surface area contributed by atoms with Crippen LogP contribution in [0.4, 0.5) is 0 Å². The van der Waals surface area contributed by atoms with Gasteiger partial charge in [0.05, 0.1) is 10.3 Å². The third-order valence-electron chi connectivity index (χ3n) is 4.69. The minimum atomic E-state index is -0.110. The van der Waals surface area contributed by atoms with Gasteiger partial charge in [0, 0.05) is 19.3 Å². The molecule has 1 amide bonds. The molecule has 4 heterocycles. The molecule has 1 saturated heterocycles. The van der Waals surface area contributed by atoms with E-state index in [0.717, 1.165) is 25.1 Å². The Morgan fingerprint density at radius 1 is 1.42 bits per heavy atom. The summed E-state index contributed by atoms with van der Waals surface area (Å²) in [5, 5.41) is 0.525. The SMILES string of the molecule is Cc1cccn2c(=O)c3cc(C(=O)N4CCC[C@@H](C)C4)sc3nc12.